The van der Waals surface area contributed by atoms with Crippen LogP contribution in [0.2, 0.25) is 0 Å². The van der Waals surface area contributed by atoms with Crippen molar-refractivity contribution in [3.05, 3.63) is 37.1 Å². The van der Waals surface area contributed by atoms with Crippen LogP contribution in [0, 0.1) is 0 Å². The first-order valence-electron chi connectivity index (χ1n) is 4.01. The summed E-state index contributed by atoms with van der Waals surface area (Å²) >= 11 is 0. The molecule has 0 radical (unpaired) electrons. The molecule has 0 fully saturated rings. The van der Waals surface area contributed by atoms with Crippen LogP contribution in [0.15, 0.2) is 37.1 Å². The maximum absolute atomic E-state index is 10.8. The van der Waals surface area contributed by atoms with E-state index >= 15 is 0 Å². The van der Waals surface area contributed by atoms with Crippen LogP contribution >= 0.6 is 0 Å². The number of pyridine rings is 1. The van der Waals surface area contributed by atoms with Crippen molar-refractivity contribution in [3.63, 3.8) is 0 Å². The van der Waals surface area contributed by atoms with Crippen molar-refractivity contribution in [2.75, 3.05) is 0 Å². The second-order valence-electron chi connectivity index (χ2n) is 2.75. The summed E-state index contributed by atoms with van der Waals surface area (Å²) < 4.78 is 1.22. The summed E-state index contributed by atoms with van der Waals surface area (Å²) in [6, 6.07) is 3.12. The normalized spacial score (nSPS) is 10.0. The van der Waals surface area contributed by atoms with Crippen molar-refractivity contribution in [2.24, 2.45) is 5.73 Å². The van der Waals surface area contributed by atoms with E-state index in [9.17, 15) is 4.79 Å². The second kappa shape index (κ2) is 3.29. The zero-order valence-electron chi connectivity index (χ0n) is 7.29. The molecule has 0 aromatic carbocycles. The summed E-state index contributed by atoms with van der Waals surface area (Å²) in [6.07, 6.45) is 6.30. The van der Waals surface area contributed by atoms with Gasteiger partial charge < -0.3 is 5.73 Å². The fourth-order valence-electron chi connectivity index (χ4n) is 1.11. The van der Waals surface area contributed by atoms with E-state index in [1.807, 2.05) is 6.07 Å². The maximum atomic E-state index is 10.8. The molecular formula is C9H8N4O. The smallest absolute Gasteiger partial charge is 0.324 e. The van der Waals surface area contributed by atoms with Crippen LogP contribution in [0.25, 0.3) is 11.3 Å². The van der Waals surface area contributed by atoms with Gasteiger partial charge in [0.2, 0.25) is 0 Å². The average molecular weight is 188 g/mol. The number of imidazole rings is 1. The van der Waals surface area contributed by atoms with Crippen LogP contribution < -0.4 is 5.73 Å². The molecule has 0 aliphatic rings. The van der Waals surface area contributed by atoms with E-state index in [4.69, 9.17) is 5.73 Å². The third-order valence-electron chi connectivity index (χ3n) is 1.79. The first-order valence-corrected chi connectivity index (χ1v) is 4.01. The number of nitrogens with zero attached hydrogens (tertiary/aromatic N) is 3. The third kappa shape index (κ3) is 1.47. The molecule has 2 aromatic rings. The molecule has 5 heteroatoms. The number of carbonyl (C=O) groups is 1. The molecule has 0 spiro atoms. The number of rotatable bonds is 1. The van der Waals surface area contributed by atoms with E-state index in [-0.39, 0.29) is 0 Å². The molecule has 2 heterocycles. The van der Waals surface area contributed by atoms with E-state index in [1.54, 1.807) is 24.7 Å². The summed E-state index contributed by atoms with van der Waals surface area (Å²) in [6.45, 7) is 0. The lowest BCUT2D eigenvalue weighted by molar-refractivity contribution is 0.250. The minimum atomic E-state index is -0.548. The minimum absolute atomic E-state index is 0.548. The van der Waals surface area contributed by atoms with E-state index in [1.165, 1.54) is 10.9 Å². The van der Waals surface area contributed by atoms with E-state index in [2.05, 4.69) is 9.97 Å². The molecule has 2 N–H and O–H groups in total. The van der Waals surface area contributed by atoms with Gasteiger partial charge in [-0.05, 0) is 12.1 Å². The molecule has 0 saturated heterocycles. The predicted molar refractivity (Wildman–Crippen MR) is 50.4 cm³/mol. The molecule has 0 aliphatic heterocycles. The summed E-state index contributed by atoms with van der Waals surface area (Å²) in [7, 11) is 0. The number of primary amides is 1. The first-order chi connectivity index (χ1) is 6.77. The number of hydrogen-bond donors (Lipinski definition) is 1. The van der Waals surface area contributed by atoms with Gasteiger partial charge >= 0.3 is 6.03 Å². The van der Waals surface area contributed by atoms with Gasteiger partial charge in [0.1, 0.15) is 6.33 Å². The van der Waals surface area contributed by atoms with Crippen molar-refractivity contribution in [1.82, 2.24) is 14.5 Å². The molecule has 0 unspecified atom stereocenters. The SMILES string of the molecule is NC(=O)n1cnc(-c2cccnc2)c1. The lowest BCUT2D eigenvalue weighted by Gasteiger charge is -1.93. The summed E-state index contributed by atoms with van der Waals surface area (Å²) in [5.74, 6) is 0. The molecule has 2 aromatic heterocycles. The Morgan fingerprint density at radius 3 is 2.93 bits per heavy atom. The highest BCUT2D eigenvalue weighted by molar-refractivity contribution is 5.75. The third-order valence-corrected chi connectivity index (χ3v) is 1.79. The van der Waals surface area contributed by atoms with Gasteiger partial charge in [0.15, 0.2) is 0 Å². The minimum Gasteiger partial charge on any atom is -0.351 e. The van der Waals surface area contributed by atoms with Crippen LogP contribution in [-0.2, 0) is 0 Å². The molecule has 14 heavy (non-hydrogen) atoms. The lowest BCUT2D eigenvalue weighted by atomic mass is 10.2. The Balaban J connectivity index is 2.39. The quantitative estimate of drug-likeness (QED) is 0.721. The van der Waals surface area contributed by atoms with Gasteiger partial charge in [0.25, 0.3) is 0 Å². The Morgan fingerprint density at radius 2 is 2.36 bits per heavy atom. The van der Waals surface area contributed by atoms with Crippen LogP contribution in [0.1, 0.15) is 0 Å². The number of hydrogen-bond acceptors (Lipinski definition) is 3. The largest absolute Gasteiger partial charge is 0.351 e. The highest BCUT2D eigenvalue weighted by Gasteiger charge is 2.03. The Labute approximate surface area is 80.2 Å². The average Bonchev–Trinajstić information content (AvgIpc) is 2.68. The Hall–Kier alpha value is -2.17. The van der Waals surface area contributed by atoms with Crippen molar-refractivity contribution in [2.45, 2.75) is 0 Å². The van der Waals surface area contributed by atoms with Crippen molar-refractivity contribution in [1.29, 1.82) is 0 Å². The Bertz CT molecular complexity index is 449. The number of carbonyl (C=O) groups excluding carboxylic acids is 1. The molecule has 0 saturated carbocycles. The van der Waals surface area contributed by atoms with Crippen molar-refractivity contribution < 1.29 is 4.79 Å². The van der Waals surface area contributed by atoms with Gasteiger partial charge in [-0.25, -0.2) is 9.78 Å². The van der Waals surface area contributed by atoms with Gasteiger partial charge in [0.05, 0.1) is 5.69 Å². The van der Waals surface area contributed by atoms with Gasteiger partial charge in [-0.2, -0.15) is 0 Å². The highest BCUT2D eigenvalue weighted by atomic mass is 16.2. The number of amides is 1. The molecule has 0 atom stereocenters. The zero-order chi connectivity index (χ0) is 9.97. The standard InChI is InChI=1S/C9H8N4O/c10-9(14)13-5-8(12-6-13)7-2-1-3-11-4-7/h1-6H,(H2,10,14). The Morgan fingerprint density at radius 1 is 1.50 bits per heavy atom. The molecule has 2 rings (SSSR count). The topological polar surface area (TPSA) is 73.8 Å². The Kier molecular flexibility index (Phi) is 1.98. The number of nitrogens with two attached hydrogens (primary N) is 1. The molecule has 0 bridgehead atoms. The highest BCUT2D eigenvalue weighted by Crippen LogP contribution is 2.14. The first kappa shape index (κ1) is 8.43. The molecule has 1 amide bonds. The molecular weight excluding hydrogens is 180 g/mol. The van der Waals surface area contributed by atoms with E-state index in [0.29, 0.717) is 5.69 Å². The van der Waals surface area contributed by atoms with Crippen LogP contribution in [0.4, 0.5) is 4.79 Å². The fourth-order valence-corrected chi connectivity index (χ4v) is 1.11. The van der Waals surface area contributed by atoms with E-state index < -0.39 is 6.03 Å². The van der Waals surface area contributed by atoms with Gasteiger partial charge in [-0.1, -0.05) is 0 Å². The van der Waals surface area contributed by atoms with Gasteiger partial charge in [0, 0.05) is 24.2 Å². The van der Waals surface area contributed by atoms with Crippen LogP contribution in [-0.4, -0.2) is 20.6 Å². The van der Waals surface area contributed by atoms with E-state index in [0.717, 1.165) is 5.56 Å². The second-order valence-corrected chi connectivity index (χ2v) is 2.75. The van der Waals surface area contributed by atoms with Gasteiger partial charge in [-0.3, -0.25) is 9.55 Å². The van der Waals surface area contributed by atoms with Gasteiger partial charge in [-0.15, -0.1) is 0 Å². The summed E-state index contributed by atoms with van der Waals surface area (Å²) in [5, 5.41) is 0. The molecule has 70 valence electrons. The monoisotopic (exact) mass is 188 g/mol. The molecule has 5 nitrogen and oxygen atoms in total. The molecule has 0 aliphatic carbocycles. The maximum Gasteiger partial charge on any atom is 0.324 e. The summed E-state index contributed by atoms with van der Waals surface area (Å²) in [4.78, 5) is 18.8. The van der Waals surface area contributed by atoms with Crippen LogP contribution in [0.5, 0.6) is 0 Å². The van der Waals surface area contributed by atoms with Crippen LogP contribution in [0.3, 0.4) is 0 Å². The number of aromatic nitrogens is 3. The van der Waals surface area contributed by atoms with Crippen molar-refractivity contribution in [3.8, 4) is 11.3 Å². The summed E-state index contributed by atoms with van der Waals surface area (Å²) in [5.41, 5.74) is 6.61. The zero-order valence-corrected chi connectivity index (χ0v) is 7.29. The predicted octanol–water partition coefficient (Wildman–Crippen LogP) is 0.872. The lowest BCUT2D eigenvalue weighted by Crippen LogP contribution is -2.17. The fraction of sp³-hybridized carbons (Fsp3) is 0. The van der Waals surface area contributed by atoms with Crippen molar-refractivity contribution >= 4 is 6.03 Å².